The summed E-state index contributed by atoms with van der Waals surface area (Å²) in [5.41, 5.74) is 2.19. The van der Waals surface area contributed by atoms with Crippen molar-refractivity contribution >= 4 is 23.4 Å². The van der Waals surface area contributed by atoms with Gasteiger partial charge in [0.15, 0.2) is 17.3 Å². The van der Waals surface area contributed by atoms with Crippen molar-refractivity contribution in [2.45, 2.75) is 6.92 Å². The van der Waals surface area contributed by atoms with E-state index in [2.05, 4.69) is 36.3 Å². The number of hydrogen-bond donors (Lipinski definition) is 3. The first-order valence-corrected chi connectivity index (χ1v) is 9.75. The first-order valence-electron chi connectivity index (χ1n) is 9.75. The minimum atomic E-state index is -0.302. The maximum absolute atomic E-state index is 12.2. The fourth-order valence-corrected chi connectivity index (χ4v) is 2.74. The van der Waals surface area contributed by atoms with Crippen molar-refractivity contribution < 1.29 is 9.32 Å². The Labute approximate surface area is 178 Å². The number of amides is 1. The number of hydrogen-bond acceptors (Lipinski definition) is 8. The number of nitrogens with zero attached hydrogens (tertiary/aromatic N) is 4. The Balaban J connectivity index is 1.22. The van der Waals surface area contributed by atoms with Crippen LogP contribution in [0.3, 0.4) is 0 Å². The third kappa shape index (κ3) is 5.41. The van der Waals surface area contributed by atoms with Crippen LogP contribution in [0.2, 0.25) is 0 Å². The van der Waals surface area contributed by atoms with Crippen LogP contribution in [0.15, 0.2) is 71.4 Å². The molecule has 0 aliphatic rings. The molecule has 3 aromatic heterocycles. The first kappa shape index (κ1) is 20.0. The first-order chi connectivity index (χ1) is 15.2. The van der Waals surface area contributed by atoms with Crippen LogP contribution in [0.5, 0.6) is 0 Å². The van der Waals surface area contributed by atoms with Gasteiger partial charge in [0.2, 0.25) is 0 Å². The topological polar surface area (TPSA) is 118 Å². The van der Waals surface area contributed by atoms with E-state index in [0.717, 1.165) is 11.1 Å². The van der Waals surface area contributed by atoms with Crippen LogP contribution >= 0.6 is 0 Å². The fourth-order valence-electron chi connectivity index (χ4n) is 2.74. The molecule has 9 nitrogen and oxygen atoms in total. The Morgan fingerprint density at radius 1 is 0.935 bits per heavy atom. The molecule has 0 atom stereocenters. The summed E-state index contributed by atoms with van der Waals surface area (Å²) in [5.74, 6) is 2.14. The highest BCUT2D eigenvalue weighted by molar-refractivity contribution is 5.93. The second-order valence-electron chi connectivity index (χ2n) is 6.77. The number of carbonyl (C=O) groups is 1. The predicted molar refractivity (Wildman–Crippen MR) is 117 cm³/mol. The van der Waals surface area contributed by atoms with Crippen molar-refractivity contribution in [3.8, 4) is 11.3 Å². The summed E-state index contributed by atoms with van der Waals surface area (Å²) < 4.78 is 5.25. The lowest BCUT2D eigenvalue weighted by atomic mass is 10.1. The van der Waals surface area contributed by atoms with E-state index >= 15 is 0 Å². The Kier molecular flexibility index (Phi) is 6.13. The summed E-state index contributed by atoms with van der Waals surface area (Å²) in [4.78, 5) is 16.5. The molecule has 3 N–H and O–H groups in total. The van der Waals surface area contributed by atoms with Crippen molar-refractivity contribution in [2.75, 3.05) is 23.7 Å². The number of aryl methyl sites for hydroxylation is 1. The van der Waals surface area contributed by atoms with E-state index in [9.17, 15) is 4.79 Å². The number of pyridine rings is 1. The molecule has 3 heterocycles. The molecule has 0 saturated carbocycles. The number of aromatic nitrogens is 4. The smallest absolute Gasteiger partial charge is 0.273 e. The molecule has 31 heavy (non-hydrogen) atoms. The zero-order valence-electron chi connectivity index (χ0n) is 16.9. The molecule has 0 fully saturated rings. The van der Waals surface area contributed by atoms with Gasteiger partial charge in [0.05, 0.1) is 0 Å². The maximum atomic E-state index is 12.2. The molecule has 4 rings (SSSR count). The molecule has 9 heteroatoms. The summed E-state index contributed by atoms with van der Waals surface area (Å²) in [6, 6.07) is 18.6. The van der Waals surface area contributed by atoms with Gasteiger partial charge in [-0.3, -0.25) is 4.79 Å². The minimum Gasteiger partial charge on any atom is -0.367 e. The lowest BCUT2D eigenvalue weighted by Gasteiger charge is -2.07. The van der Waals surface area contributed by atoms with Gasteiger partial charge >= 0.3 is 0 Å². The highest BCUT2D eigenvalue weighted by atomic mass is 16.5. The molecule has 1 amide bonds. The number of anilines is 3. The van der Waals surface area contributed by atoms with Gasteiger partial charge in [-0.2, -0.15) is 0 Å². The van der Waals surface area contributed by atoms with Crippen LogP contribution in [0, 0.1) is 6.92 Å². The molecule has 0 aliphatic heterocycles. The van der Waals surface area contributed by atoms with Crippen LogP contribution in [0.1, 0.15) is 16.1 Å². The summed E-state index contributed by atoms with van der Waals surface area (Å²) in [7, 11) is 0. The summed E-state index contributed by atoms with van der Waals surface area (Å²) >= 11 is 0. The standard InChI is InChI=1S/C22H21N7O2/c1-15-7-8-19(25-14-15)26-21-10-9-20(27-28-21)23-11-12-24-22(30)17-13-18(31-29-17)16-5-3-2-4-6-16/h2-10,13-14H,11-12H2,1H3,(H,23,27)(H,24,30)(H,25,26,28). The Hall–Kier alpha value is -4.27. The molecule has 156 valence electrons. The monoisotopic (exact) mass is 415 g/mol. The van der Waals surface area contributed by atoms with Gasteiger partial charge in [-0.1, -0.05) is 41.6 Å². The molecule has 0 radical (unpaired) electrons. The minimum absolute atomic E-state index is 0.235. The van der Waals surface area contributed by atoms with E-state index in [4.69, 9.17) is 4.52 Å². The molecule has 4 aromatic rings. The average Bonchev–Trinajstić information content (AvgIpc) is 3.30. The fraction of sp³-hybridized carbons (Fsp3) is 0.136. The predicted octanol–water partition coefficient (Wildman–Crippen LogP) is 3.42. The number of carbonyl (C=O) groups excluding carboxylic acids is 1. The van der Waals surface area contributed by atoms with Gasteiger partial charge in [0.1, 0.15) is 11.6 Å². The van der Waals surface area contributed by atoms with Crippen molar-refractivity contribution in [1.29, 1.82) is 0 Å². The summed E-state index contributed by atoms with van der Waals surface area (Å²) in [6.45, 7) is 2.85. The molecule has 0 bridgehead atoms. The largest absolute Gasteiger partial charge is 0.367 e. The molecule has 0 spiro atoms. The molecule has 0 saturated heterocycles. The van der Waals surface area contributed by atoms with Crippen LogP contribution < -0.4 is 16.0 Å². The second-order valence-corrected chi connectivity index (χ2v) is 6.77. The van der Waals surface area contributed by atoms with Crippen LogP contribution in [0.4, 0.5) is 17.5 Å². The number of rotatable bonds is 8. The van der Waals surface area contributed by atoms with E-state index in [1.165, 1.54) is 0 Å². The third-order valence-electron chi connectivity index (χ3n) is 4.35. The number of benzene rings is 1. The van der Waals surface area contributed by atoms with Gasteiger partial charge in [0, 0.05) is 30.9 Å². The van der Waals surface area contributed by atoms with Crippen LogP contribution in [-0.4, -0.2) is 39.3 Å². The lowest BCUT2D eigenvalue weighted by molar-refractivity contribution is 0.0946. The number of nitrogens with one attached hydrogen (secondary N) is 3. The van der Waals surface area contributed by atoms with E-state index in [-0.39, 0.29) is 11.6 Å². The van der Waals surface area contributed by atoms with Crippen LogP contribution in [-0.2, 0) is 0 Å². The molecule has 0 unspecified atom stereocenters. The highest BCUT2D eigenvalue weighted by Crippen LogP contribution is 2.19. The highest BCUT2D eigenvalue weighted by Gasteiger charge is 2.13. The maximum Gasteiger partial charge on any atom is 0.273 e. The lowest BCUT2D eigenvalue weighted by Crippen LogP contribution is -2.29. The Bertz CT molecular complexity index is 1130. The van der Waals surface area contributed by atoms with Gasteiger partial charge < -0.3 is 20.5 Å². The van der Waals surface area contributed by atoms with Gasteiger partial charge in [0.25, 0.3) is 5.91 Å². The van der Waals surface area contributed by atoms with Crippen molar-refractivity contribution in [3.05, 3.63) is 78.1 Å². The van der Waals surface area contributed by atoms with E-state index in [0.29, 0.717) is 36.3 Å². The SMILES string of the molecule is Cc1ccc(Nc2ccc(NCCNC(=O)c3cc(-c4ccccc4)on3)nn2)nc1. The molecule has 0 aliphatic carbocycles. The zero-order valence-corrected chi connectivity index (χ0v) is 16.9. The zero-order chi connectivity index (χ0) is 21.5. The van der Waals surface area contributed by atoms with Crippen molar-refractivity contribution in [3.63, 3.8) is 0 Å². The van der Waals surface area contributed by atoms with Gasteiger partial charge in [-0.25, -0.2) is 4.98 Å². The van der Waals surface area contributed by atoms with E-state index in [1.54, 1.807) is 24.4 Å². The van der Waals surface area contributed by atoms with E-state index in [1.807, 2.05) is 49.4 Å². The van der Waals surface area contributed by atoms with Gasteiger partial charge in [-0.15, -0.1) is 10.2 Å². The third-order valence-corrected chi connectivity index (χ3v) is 4.35. The average molecular weight is 415 g/mol. The second kappa shape index (κ2) is 9.49. The Morgan fingerprint density at radius 2 is 1.71 bits per heavy atom. The van der Waals surface area contributed by atoms with Gasteiger partial charge in [-0.05, 0) is 30.7 Å². The molecule has 1 aromatic carbocycles. The summed E-state index contributed by atoms with van der Waals surface area (Å²) in [6.07, 6.45) is 1.78. The summed E-state index contributed by atoms with van der Waals surface area (Å²) in [5, 5.41) is 21.0. The van der Waals surface area contributed by atoms with Crippen LogP contribution in [0.25, 0.3) is 11.3 Å². The Morgan fingerprint density at radius 3 is 2.45 bits per heavy atom. The molecular formula is C22H21N7O2. The van der Waals surface area contributed by atoms with E-state index < -0.39 is 0 Å². The van der Waals surface area contributed by atoms with Crippen molar-refractivity contribution in [1.82, 2.24) is 25.7 Å². The van der Waals surface area contributed by atoms with Crippen molar-refractivity contribution in [2.24, 2.45) is 0 Å². The normalized spacial score (nSPS) is 10.5. The molecular weight excluding hydrogens is 394 g/mol. The quantitative estimate of drug-likeness (QED) is 0.375.